The minimum absolute atomic E-state index is 0.345. The topological polar surface area (TPSA) is 59.8 Å². The van der Waals surface area contributed by atoms with E-state index in [9.17, 15) is 9.59 Å². The fraction of sp³-hybridized carbons (Fsp3) is 0.385. The lowest BCUT2D eigenvalue weighted by molar-refractivity contribution is -0.908. The number of amides is 2. The molecule has 2 amide bonds. The first kappa shape index (κ1) is 15.7. The van der Waals surface area contributed by atoms with Crippen LogP contribution < -0.4 is 10.2 Å². The van der Waals surface area contributed by atoms with Crippen LogP contribution in [0, 0.1) is 0 Å². The van der Waals surface area contributed by atoms with E-state index in [0.29, 0.717) is 6.54 Å². The van der Waals surface area contributed by atoms with E-state index in [1.807, 2.05) is 31.3 Å². The van der Waals surface area contributed by atoms with E-state index in [-0.39, 0.29) is 11.9 Å². The van der Waals surface area contributed by atoms with Gasteiger partial charge in [0.15, 0.2) is 6.04 Å². The maximum Gasteiger partial charge on any atom is 0.413 e. The quantitative estimate of drug-likeness (QED) is 0.856. The van der Waals surface area contributed by atoms with Crippen molar-refractivity contribution in [2.45, 2.75) is 19.5 Å². The van der Waals surface area contributed by atoms with Gasteiger partial charge in [-0.2, -0.15) is 0 Å². The van der Waals surface area contributed by atoms with Gasteiger partial charge in [-0.25, -0.2) is 4.79 Å². The number of benzene rings is 1. The second-order valence-corrected chi connectivity index (χ2v) is 5.27. The van der Waals surface area contributed by atoms with Gasteiger partial charge >= 0.3 is 6.09 Å². The number of ether oxygens (including phenoxy) is 1. The van der Waals surface area contributed by atoms with Crippen molar-refractivity contribution >= 4 is 27.9 Å². The summed E-state index contributed by atoms with van der Waals surface area (Å²) in [5.74, 6) is -0.346. The molecule has 19 heavy (non-hydrogen) atoms. The Morgan fingerprint density at radius 1 is 1.37 bits per heavy atom. The van der Waals surface area contributed by atoms with Gasteiger partial charge < -0.3 is 9.64 Å². The van der Waals surface area contributed by atoms with Gasteiger partial charge in [-0.05, 0) is 19.1 Å². The van der Waals surface area contributed by atoms with Gasteiger partial charge in [-0.3, -0.25) is 10.1 Å². The van der Waals surface area contributed by atoms with E-state index in [1.165, 1.54) is 7.11 Å². The summed E-state index contributed by atoms with van der Waals surface area (Å²) in [7, 11) is 3.13. The van der Waals surface area contributed by atoms with Crippen molar-refractivity contribution in [3.63, 3.8) is 0 Å². The third kappa shape index (κ3) is 5.00. The van der Waals surface area contributed by atoms with E-state index >= 15 is 0 Å². The van der Waals surface area contributed by atoms with Crippen molar-refractivity contribution in [2.24, 2.45) is 0 Å². The lowest BCUT2D eigenvalue weighted by atomic mass is 10.2. The van der Waals surface area contributed by atoms with E-state index < -0.39 is 6.09 Å². The zero-order valence-electron chi connectivity index (χ0n) is 11.2. The van der Waals surface area contributed by atoms with Gasteiger partial charge in [0.1, 0.15) is 6.54 Å². The number of imide groups is 1. The Hall–Kier alpha value is -1.40. The Labute approximate surface area is 121 Å². The molecule has 2 N–H and O–H groups in total. The number of quaternary nitrogens is 1. The van der Waals surface area contributed by atoms with Crippen LogP contribution in [0.1, 0.15) is 12.5 Å². The zero-order chi connectivity index (χ0) is 14.4. The number of carbonyl (C=O) groups excluding carboxylic acids is 2. The Bertz CT molecular complexity index is 448. The molecule has 0 spiro atoms. The fourth-order valence-electron chi connectivity index (χ4n) is 1.56. The molecule has 1 aromatic carbocycles. The number of hydrogen-bond donors (Lipinski definition) is 2. The number of nitrogens with one attached hydrogen (secondary N) is 2. The molecule has 0 aliphatic rings. The van der Waals surface area contributed by atoms with Crippen molar-refractivity contribution < 1.29 is 19.2 Å². The van der Waals surface area contributed by atoms with Gasteiger partial charge in [-0.1, -0.05) is 28.1 Å². The number of rotatable bonds is 4. The molecule has 5 nitrogen and oxygen atoms in total. The second kappa shape index (κ2) is 7.25. The molecule has 6 heteroatoms. The van der Waals surface area contributed by atoms with Gasteiger partial charge in [0.25, 0.3) is 5.91 Å². The van der Waals surface area contributed by atoms with Crippen LogP contribution in [-0.4, -0.2) is 32.2 Å². The third-order valence-corrected chi connectivity index (χ3v) is 3.47. The molecular formula is C13H18BrN2O3+. The molecule has 0 bridgehead atoms. The van der Waals surface area contributed by atoms with Crippen molar-refractivity contribution in [3.8, 4) is 0 Å². The number of likely N-dealkylation sites (N-methyl/N-ethyl adjacent to an activating group) is 1. The van der Waals surface area contributed by atoms with Gasteiger partial charge in [0.05, 0.1) is 14.2 Å². The average Bonchev–Trinajstić information content (AvgIpc) is 2.40. The molecule has 0 saturated heterocycles. The SMILES string of the molecule is COC(=O)NC(=O)[C@H](C)[NH+](C)Cc1ccc(Br)cc1. The molecular weight excluding hydrogens is 312 g/mol. The van der Waals surface area contributed by atoms with Gasteiger partial charge in [0, 0.05) is 10.0 Å². The van der Waals surface area contributed by atoms with Crippen LogP contribution in [0.2, 0.25) is 0 Å². The van der Waals surface area contributed by atoms with Crippen LogP contribution in [-0.2, 0) is 16.1 Å². The molecule has 2 atom stereocenters. The van der Waals surface area contributed by atoms with E-state index in [1.54, 1.807) is 6.92 Å². The minimum Gasteiger partial charge on any atom is -0.453 e. The molecule has 1 aromatic rings. The van der Waals surface area contributed by atoms with E-state index in [4.69, 9.17) is 0 Å². The molecule has 1 unspecified atom stereocenters. The van der Waals surface area contributed by atoms with E-state index in [0.717, 1.165) is 14.9 Å². The highest BCUT2D eigenvalue weighted by atomic mass is 79.9. The Kier molecular flexibility index (Phi) is 5.98. The van der Waals surface area contributed by atoms with Crippen LogP contribution >= 0.6 is 15.9 Å². The molecule has 0 heterocycles. The standard InChI is InChI=1S/C13H17BrN2O3/c1-9(12(17)15-13(18)19-3)16(2)8-10-4-6-11(14)7-5-10/h4-7,9H,8H2,1-3H3,(H,15,17,18)/p+1/t9-/m0/s1. The summed E-state index contributed by atoms with van der Waals surface area (Å²) in [6.45, 7) is 2.47. The van der Waals surface area contributed by atoms with Gasteiger partial charge in [0.2, 0.25) is 0 Å². The maximum atomic E-state index is 11.8. The zero-order valence-corrected chi connectivity index (χ0v) is 12.8. The minimum atomic E-state index is -0.728. The smallest absolute Gasteiger partial charge is 0.413 e. The van der Waals surface area contributed by atoms with Gasteiger partial charge in [-0.15, -0.1) is 0 Å². The molecule has 0 saturated carbocycles. The summed E-state index contributed by atoms with van der Waals surface area (Å²) in [5.41, 5.74) is 1.12. The number of hydrogen-bond acceptors (Lipinski definition) is 3. The van der Waals surface area contributed by atoms with Crippen LogP contribution in [0.4, 0.5) is 4.79 Å². The molecule has 1 rings (SSSR count). The lowest BCUT2D eigenvalue weighted by Gasteiger charge is -2.20. The molecule has 0 fully saturated rings. The molecule has 0 aliphatic carbocycles. The molecule has 104 valence electrons. The summed E-state index contributed by atoms with van der Waals surface area (Å²) < 4.78 is 5.42. The van der Waals surface area contributed by atoms with Crippen LogP contribution in [0.5, 0.6) is 0 Å². The lowest BCUT2D eigenvalue weighted by Crippen LogP contribution is -3.12. The summed E-state index contributed by atoms with van der Waals surface area (Å²) in [5, 5.41) is 2.18. The summed E-state index contributed by atoms with van der Waals surface area (Å²) in [6, 6.07) is 7.57. The highest BCUT2D eigenvalue weighted by Crippen LogP contribution is 2.09. The predicted octanol–water partition coefficient (Wildman–Crippen LogP) is 0.735. The van der Waals surface area contributed by atoms with Crippen LogP contribution in [0.3, 0.4) is 0 Å². The van der Waals surface area contributed by atoms with Crippen LogP contribution in [0.15, 0.2) is 28.7 Å². The first-order chi connectivity index (χ1) is 8.93. The number of carbonyl (C=O) groups is 2. The first-order valence-electron chi connectivity index (χ1n) is 5.89. The molecule has 0 radical (unpaired) electrons. The largest absolute Gasteiger partial charge is 0.453 e. The average molecular weight is 330 g/mol. The van der Waals surface area contributed by atoms with Crippen molar-refractivity contribution in [1.82, 2.24) is 5.32 Å². The highest BCUT2D eigenvalue weighted by Gasteiger charge is 2.23. The number of halogens is 1. The molecule has 0 aromatic heterocycles. The van der Waals surface area contributed by atoms with E-state index in [2.05, 4.69) is 26.0 Å². The Balaban J connectivity index is 2.56. The van der Waals surface area contributed by atoms with Crippen molar-refractivity contribution in [1.29, 1.82) is 0 Å². The Morgan fingerprint density at radius 3 is 2.47 bits per heavy atom. The fourth-order valence-corrected chi connectivity index (χ4v) is 1.83. The summed E-state index contributed by atoms with van der Waals surface area (Å²) in [4.78, 5) is 23.7. The number of alkyl carbamates (subject to hydrolysis) is 1. The number of methoxy groups -OCH3 is 1. The molecule has 0 aliphatic heterocycles. The third-order valence-electron chi connectivity index (χ3n) is 2.94. The van der Waals surface area contributed by atoms with Crippen LogP contribution in [0.25, 0.3) is 0 Å². The summed E-state index contributed by atoms with van der Waals surface area (Å²) in [6.07, 6.45) is -0.728. The first-order valence-corrected chi connectivity index (χ1v) is 6.69. The summed E-state index contributed by atoms with van der Waals surface area (Å²) >= 11 is 3.38. The van der Waals surface area contributed by atoms with Crippen molar-refractivity contribution in [2.75, 3.05) is 14.2 Å². The predicted molar refractivity (Wildman–Crippen MR) is 74.7 cm³/mol. The highest BCUT2D eigenvalue weighted by molar-refractivity contribution is 9.10. The monoisotopic (exact) mass is 329 g/mol. The second-order valence-electron chi connectivity index (χ2n) is 4.35. The Morgan fingerprint density at radius 2 is 1.95 bits per heavy atom. The van der Waals surface area contributed by atoms with Crippen molar-refractivity contribution in [3.05, 3.63) is 34.3 Å². The maximum absolute atomic E-state index is 11.8. The normalized spacial score (nSPS) is 13.5.